The third kappa shape index (κ3) is 7.00. The number of nitrogens with zero attached hydrogens (tertiary/aromatic N) is 3. The molecule has 0 fully saturated rings. The first-order valence-corrected chi connectivity index (χ1v) is 10.7. The molecule has 10 heteroatoms. The number of hydrogen-bond acceptors (Lipinski definition) is 8. The Morgan fingerprint density at radius 1 is 1.41 bits per heavy atom. The van der Waals surface area contributed by atoms with Gasteiger partial charge in [-0.3, -0.25) is 14.2 Å². The second-order valence-electron chi connectivity index (χ2n) is 6.72. The van der Waals surface area contributed by atoms with Gasteiger partial charge >= 0.3 is 0 Å². The molecule has 0 radical (unpaired) electrons. The number of aromatic nitrogens is 1. The fraction of sp³-hybridized carbons (Fsp3) is 0.318. The number of hydrogen-bond donors (Lipinski definition) is 3. The van der Waals surface area contributed by atoms with E-state index in [0.29, 0.717) is 22.3 Å². The minimum atomic E-state index is -0.645. The van der Waals surface area contributed by atoms with Gasteiger partial charge < -0.3 is 26.0 Å². The van der Waals surface area contributed by atoms with Gasteiger partial charge in [-0.2, -0.15) is 5.26 Å². The van der Waals surface area contributed by atoms with E-state index in [1.54, 1.807) is 13.0 Å². The quantitative estimate of drug-likeness (QED) is 0.271. The van der Waals surface area contributed by atoms with E-state index in [0.717, 1.165) is 29.3 Å². The highest BCUT2D eigenvalue weighted by atomic mass is 32.1. The van der Waals surface area contributed by atoms with Crippen molar-refractivity contribution in [2.75, 3.05) is 39.2 Å². The summed E-state index contributed by atoms with van der Waals surface area (Å²) in [7, 11) is 3.96. The number of thiazole rings is 1. The maximum atomic E-state index is 12.6. The van der Waals surface area contributed by atoms with E-state index < -0.39 is 5.91 Å². The minimum absolute atomic E-state index is 0.105. The van der Waals surface area contributed by atoms with E-state index in [9.17, 15) is 14.9 Å². The molecular weight excluding hydrogens is 428 g/mol. The zero-order valence-corrected chi connectivity index (χ0v) is 19.1. The molecule has 0 saturated heterocycles. The average Bonchev–Trinajstić information content (AvgIpc) is 3.06. The van der Waals surface area contributed by atoms with Gasteiger partial charge in [0.15, 0.2) is 5.57 Å². The standard InChI is InChI=1S/C22H26N6O3S/c1-4-28-20(12-16(14-23)21(29)26-15-24)32-19(22(28)30)8-9-25-17-6-5-7-18(13-17)31-11-10-27(2)3/h5-7,9,13,25H,4,10-11,15,24H2,1-3H3,(H,26,29). The molecular formula is C22H26N6O3S. The zero-order chi connectivity index (χ0) is 23.5. The molecule has 1 aromatic heterocycles. The lowest BCUT2D eigenvalue weighted by Gasteiger charge is -2.11. The molecule has 4 N–H and O–H groups in total. The van der Waals surface area contributed by atoms with Crippen LogP contribution in [0.25, 0.3) is 11.5 Å². The summed E-state index contributed by atoms with van der Waals surface area (Å²) in [5.41, 5.74) is 11.2. The molecule has 0 atom stereocenters. The third-order valence-corrected chi connectivity index (χ3v) is 5.13. The average molecular weight is 455 g/mol. The van der Waals surface area contributed by atoms with E-state index in [1.165, 1.54) is 10.8 Å². The van der Waals surface area contributed by atoms with Crippen LogP contribution in [0.2, 0.25) is 0 Å². The summed E-state index contributed by atoms with van der Waals surface area (Å²) in [5, 5.41) is 14.6. The normalized spacial score (nSPS) is 10.0. The first-order valence-electron chi connectivity index (χ1n) is 9.87. The predicted molar refractivity (Wildman–Crippen MR) is 125 cm³/mol. The number of nitrogens with one attached hydrogen (secondary N) is 2. The van der Waals surface area contributed by atoms with Crippen LogP contribution in [-0.2, 0) is 11.3 Å². The van der Waals surface area contributed by atoms with Gasteiger partial charge in [-0.25, -0.2) is 0 Å². The Morgan fingerprint density at radius 3 is 2.84 bits per heavy atom. The Labute approximate surface area is 190 Å². The van der Waals surface area contributed by atoms with E-state index in [1.807, 2.05) is 43.3 Å². The molecule has 0 aliphatic rings. The minimum Gasteiger partial charge on any atom is -0.492 e. The molecule has 0 aliphatic heterocycles. The smallest absolute Gasteiger partial charge is 0.277 e. The van der Waals surface area contributed by atoms with Crippen LogP contribution < -0.4 is 35.9 Å². The zero-order valence-electron chi connectivity index (χ0n) is 18.3. The first kappa shape index (κ1) is 24.7. The van der Waals surface area contributed by atoms with Crippen molar-refractivity contribution in [2.45, 2.75) is 13.5 Å². The van der Waals surface area contributed by atoms with Crippen molar-refractivity contribution in [1.82, 2.24) is 14.8 Å². The Kier molecular flexibility index (Phi) is 9.51. The number of nitrogens with two attached hydrogens (primary N) is 1. The SMILES string of the molecule is CCn1c(=C=C(C#N)C(=O)NCN)sc(=C=CNc2cccc(OCCN(C)C)c2)c1=O. The van der Waals surface area contributed by atoms with E-state index >= 15 is 0 Å². The molecule has 0 aliphatic carbocycles. The molecule has 1 aromatic carbocycles. The highest BCUT2D eigenvalue weighted by Crippen LogP contribution is 2.17. The Balaban J connectivity index is 2.36. The van der Waals surface area contributed by atoms with E-state index in [4.69, 9.17) is 10.5 Å². The lowest BCUT2D eigenvalue weighted by Crippen LogP contribution is -2.31. The number of amides is 1. The van der Waals surface area contributed by atoms with Gasteiger partial charge in [0.05, 0.1) is 6.67 Å². The molecule has 32 heavy (non-hydrogen) atoms. The summed E-state index contributed by atoms with van der Waals surface area (Å²) in [6.07, 6.45) is 1.53. The van der Waals surface area contributed by atoms with Crippen molar-refractivity contribution >= 4 is 34.4 Å². The van der Waals surface area contributed by atoms with Crippen LogP contribution in [0.4, 0.5) is 5.69 Å². The van der Waals surface area contributed by atoms with Crippen LogP contribution in [0.1, 0.15) is 6.92 Å². The van der Waals surface area contributed by atoms with Crippen LogP contribution >= 0.6 is 11.3 Å². The summed E-state index contributed by atoms with van der Waals surface area (Å²) in [4.78, 5) is 26.6. The molecule has 1 amide bonds. The van der Waals surface area contributed by atoms with Crippen LogP contribution in [-0.4, -0.2) is 49.3 Å². The van der Waals surface area contributed by atoms with Gasteiger partial charge in [-0.15, -0.1) is 0 Å². The lowest BCUT2D eigenvalue weighted by atomic mass is 10.3. The van der Waals surface area contributed by atoms with Gasteiger partial charge in [0.2, 0.25) is 0 Å². The summed E-state index contributed by atoms with van der Waals surface area (Å²) >= 11 is 1.09. The molecule has 0 unspecified atom stereocenters. The second kappa shape index (κ2) is 12.3. The lowest BCUT2D eigenvalue weighted by molar-refractivity contribution is -0.116. The summed E-state index contributed by atoms with van der Waals surface area (Å²) in [5.74, 6) is 0.0884. The fourth-order valence-electron chi connectivity index (χ4n) is 2.51. The van der Waals surface area contributed by atoms with Gasteiger partial charge in [0.1, 0.15) is 27.6 Å². The monoisotopic (exact) mass is 454 g/mol. The van der Waals surface area contributed by atoms with Crippen LogP contribution in [0.15, 0.2) is 40.8 Å². The van der Waals surface area contributed by atoms with Crippen molar-refractivity contribution in [2.24, 2.45) is 5.73 Å². The van der Waals surface area contributed by atoms with Crippen molar-refractivity contribution < 1.29 is 9.53 Å². The maximum Gasteiger partial charge on any atom is 0.277 e. The van der Waals surface area contributed by atoms with Crippen molar-refractivity contribution in [1.29, 1.82) is 5.26 Å². The van der Waals surface area contributed by atoms with Crippen LogP contribution in [0.3, 0.4) is 0 Å². The number of carbonyl (C=O) groups excluding carboxylic acids is 1. The number of nitriles is 1. The Hall–Kier alpha value is -3.57. The molecule has 2 rings (SSSR count). The number of ether oxygens (including phenoxy) is 1. The highest BCUT2D eigenvalue weighted by molar-refractivity contribution is 7.07. The molecule has 1 heterocycles. The van der Waals surface area contributed by atoms with Gasteiger partial charge in [0.25, 0.3) is 11.5 Å². The molecule has 0 bridgehead atoms. The van der Waals surface area contributed by atoms with Gasteiger partial charge in [0, 0.05) is 31.0 Å². The Bertz CT molecular complexity index is 1240. The number of anilines is 1. The number of carbonyl (C=O) groups is 1. The maximum absolute atomic E-state index is 12.6. The summed E-state index contributed by atoms with van der Waals surface area (Å²) in [6.45, 7) is 3.43. The van der Waals surface area contributed by atoms with Crippen LogP contribution in [0.5, 0.6) is 5.75 Å². The summed E-state index contributed by atoms with van der Waals surface area (Å²) < 4.78 is 7.81. The molecule has 168 valence electrons. The fourth-order valence-corrected chi connectivity index (χ4v) is 3.50. The number of benzene rings is 1. The Morgan fingerprint density at radius 2 is 2.19 bits per heavy atom. The summed E-state index contributed by atoms with van der Waals surface area (Å²) in [6, 6.07) is 9.23. The second-order valence-corrected chi connectivity index (χ2v) is 7.72. The van der Waals surface area contributed by atoms with Gasteiger partial charge in [-0.05, 0) is 33.2 Å². The van der Waals surface area contributed by atoms with Crippen molar-refractivity contribution in [3.8, 4) is 11.8 Å². The molecule has 0 saturated carbocycles. The largest absolute Gasteiger partial charge is 0.492 e. The molecule has 9 nitrogen and oxygen atoms in total. The van der Waals surface area contributed by atoms with Gasteiger partial charge in [-0.1, -0.05) is 28.9 Å². The molecule has 0 spiro atoms. The highest BCUT2D eigenvalue weighted by Gasteiger charge is 2.08. The predicted octanol–water partition coefficient (Wildman–Crippen LogP) is -0.263. The van der Waals surface area contributed by atoms with Crippen molar-refractivity contribution in [3.05, 3.63) is 55.6 Å². The molecule has 2 aromatic rings. The number of likely N-dealkylation sites (N-methyl/N-ethyl adjacent to an activating group) is 1. The number of rotatable bonds is 9. The third-order valence-electron chi connectivity index (χ3n) is 4.12. The van der Waals surface area contributed by atoms with E-state index in [2.05, 4.69) is 22.1 Å². The van der Waals surface area contributed by atoms with Crippen LogP contribution in [0, 0.1) is 11.3 Å². The van der Waals surface area contributed by atoms with E-state index in [-0.39, 0.29) is 17.8 Å². The first-order chi connectivity index (χ1) is 15.4. The van der Waals surface area contributed by atoms with Crippen molar-refractivity contribution in [3.63, 3.8) is 0 Å². The topological polar surface area (TPSA) is 125 Å².